The first-order valence-corrected chi connectivity index (χ1v) is 7.74. The van der Waals surface area contributed by atoms with E-state index in [2.05, 4.69) is 35.1 Å². The largest absolute Gasteiger partial charge is 0.504 e. The standard InChI is InChI=1S/C15H22BrNO3/c1-4-10(5-2)12(16)9-17-15(19)11-6-7-14(20-3)13(18)8-11/h6-8,10,12,18H,4-5,9H2,1-3H3,(H,17,19). The molecular weight excluding hydrogens is 322 g/mol. The van der Waals surface area contributed by atoms with Gasteiger partial charge in [0.1, 0.15) is 0 Å². The van der Waals surface area contributed by atoms with Gasteiger partial charge in [0.25, 0.3) is 5.91 Å². The number of nitrogens with one attached hydrogen (secondary N) is 1. The Balaban J connectivity index is 2.61. The molecule has 0 aliphatic rings. The Morgan fingerprint density at radius 3 is 2.55 bits per heavy atom. The second kappa shape index (κ2) is 8.15. The summed E-state index contributed by atoms with van der Waals surface area (Å²) in [5, 5.41) is 12.5. The number of halogens is 1. The number of benzene rings is 1. The summed E-state index contributed by atoms with van der Waals surface area (Å²) < 4.78 is 4.95. The molecule has 1 aromatic carbocycles. The number of phenols is 1. The number of methoxy groups -OCH3 is 1. The molecule has 1 atom stereocenters. The van der Waals surface area contributed by atoms with Crippen molar-refractivity contribution in [3.8, 4) is 11.5 Å². The van der Waals surface area contributed by atoms with Crippen molar-refractivity contribution in [2.45, 2.75) is 31.5 Å². The number of ether oxygens (including phenoxy) is 1. The van der Waals surface area contributed by atoms with Crippen LogP contribution < -0.4 is 10.1 Å². The quantitative estimate of drug-likeness (QED) is 0.746. The van der Waals surface area contributed by atoms with Crippen LogP contribution in [0.4, 0.5) is 0 Å². The zero-order valence-electron chi connectivity index (χ0n) is 12.1. The van der Waals surface area contributed by atoms with Gasteiger partial charge in [-0.05, 0) is 24.1 Å². The van der Waals surface area contributed by atoms with Gasteiger partial charge in [0, 0.05) is 16.9 Å². The number of carbonyl (C=O) groups excluding carboxylic acids is 1. The van der Waals surface area contributed by atoms with Gasteiger partial charge in [-0.2, -0.15) is 0 Å². The number of hydrogen-bond donors (Lipinski definition) is 2. The summed E-state index contributed by atoms with van der Waals surface area (Å²) >= 11 is 3.62. The van der Waals surface area contributed by atoms with Crippen molar-refractivity contribution in [1.82, 2.24) is 5.32 Å². The maximum atomic E-state index is 12.0. The fourth-order valence-corrected chi connectivity index (χ4v) is 3.00. The van der Waals surface area contributed by atoms with Gasteiger partial charge in [0.05, 0.1) is 7.11 Å². The van der Waals surface area contributed by atoms with Crippen LogP contribution in [0.25, 0.3) is 0 Å². The summed E-state index contributed by atoms with van der Waals surface area (Å²) in [4.78, 5) is 12.3. The second-order valence-electron chi connectivity index (χ2n) is 4.69. The molecule has 1 rings (SSSR count). The second-order valence-corrected chi connectivity index (χ2v) is 5.87. The van der Waals surface area contributed by atoms with Crippen LogP contribution in [0.5, 0.6) is 11.5 Å². The molecule has 1 unspecified atom stereocenters. The smallest absolute Gasteiger partial charge is 0.251 e. The van der Waals surface area contributed by atoms with Crippen molar-refractivity contribution in [3.05, 3.63) is 23.8 Å². The predicted molar refractivity (Wildman–Crippen MR) is 83.8 cm³/mol. The number of amides is 1. The molecule has 20 heavy (non-hydrogen) atoms. The molecule has 5 heteroatoms. The SMILES string of the molecule is CCC(CC)C(Br)CNC(=O)c1ccc(OC)c(O)c1. The lowest BCUT2D eigenvalue weighted by Crippen LogP contribution is -2.32. The highest BCUT2D eigenvalue weighted by molar-refractivity contribution is 9.09. The van der Waals surface area contributed by atoms with Crippen molar-refractivity contribution in [2.24, 2.45) is 5.92 Å². The minimum atomic E-state index is -0.196. The lowest BCUT2D eigenvalue weighted by molar-refractivity contribution is 0.0951. The fraction of sp³-hybridized carbons (Fsp3) is 0.533. The summed E-state index contributed by atoms with van der Waals surface area (Å²) in [6.07, 6.45) is 2.15. The van der Waals surface area contributed by atoms with E-state index < -0.39 is 0 Å². The molecule has 1 aromatic rings. The van der Waals surface area contributed by atoms with Gasteiger partial charge in [0.15, 0.2) is 11.5 Å². The Morgan fingerprint density at radius 2 is 2.05 bits per heavy atom. The van der Waals surface area contributed by atoms with E-state index in [1.807, 2.05) is 0 Å². The van der Waals surface area contributed by atoms with E-state index in [-0.39, 0.29) is 16.5 Å². The van der Waals surface area contributed by atoms with Gasteiger partial charge in [-0.25, -0.2) is 0 Å². The first-order valence-electron chi connectivity index (χ1n) is 6.82. The van der Waals surface area contributed by atoms with Crippen LogP contribution >= 0.6 is 15.9 Å². The monoisotopic (exact) mass is 343 g/mol. The maximum absolute atomic E-state index is 12.0. The zero-order valence-corrected chi connectivity index (χ0v) is 13.7. The molecule has 112 valence electrons. The summed E-state index contributed by atoms with van der Waals surface area (Å²) in [6.45, 7) is 4.86. The van der Waals surface area contributed by atoms with Crippen LogP contribution in [0.2, 0.25) is 0 Å². The Morgan fingerprint density at radius 1 is 1.40 bits per heavy atom. The van der Waals surface area contributed by atoms with E-state index in [0.29, 0.717) is 23.8 Å². The number of aromatic hydroxyl groups is 1. The van der Waals surface area contributed by atoms with Crippen LogP contribution in [0.1, 0.15) is 37.0 Å². The molecule has 0 bridgehead atoms. The van der Waals surface area contributed by atoms with Gasteiger partial charge in [-0.3, -0.25) is 4.79 Å². The summed E-state index contributed by atoms with van der Waals surface area (Å²) in [7, 11) is 1.47. The van der Waals surface area contributed by atoms with Gasteiger partial charge in [-0.15, -0.1) is 0 Å². The number of alkyl halides is 1. The van der Waals surface area contributed by atoms with Crippen LogP contribution in [-0.2, 0) is 0 Å². The summed E-state index contributed by atoms with van der Waals surface area (Å²) in [6, 6.07) is 4.62. The van der Waals surface area contributed by atoms with Crippen molar-refractivity contribution in [1.29, 1.82) is 0 Å². The lowest BCUT2D eigenvalue weighted by atomic mass is 9.99. The molecule has 0 saturated carbocycles. The lowest BCUT2D eigenvalue weighted by Gasteiger charge is -2.20. The number of carbonyl (C=O) groups is 1. The third-order valence-electron chi connectivity index (χ3n) is 3.46. The Bertz CT molecular complexity index is 447. The van der Waals surface area contributed by atoms with Crippen molar-refractivity contribution < 1.29 is 14.6 Å². The molecule has 0 heterocycles. The van der Waals surface area contributed by atoms with Crippen LogP contribution in [0.15, 0.2) is 18.2 Å². The van der Waals surface area contributed by atoms with E-state index in [0.717, 1.165) is 12.8 Å². The summed E-state index contributed by atoms with van der Waals surface area (Å²) in [5.74, 6) is 0.672. The van der Waals surface area contributed by atoms with Crippen LogP contribution in [-0.4, -0.2) is 29.5 Å². The zero-order chi connectivity index (χ0) is 15.1. The van der Waals surface area contributed by atoms with E-state index in [1.54, 1.807) is 12.1 Å². The van der Waals surface area contributed by atoms with Crippen molar-refractivity contribution >= 4 is 21.8 Å². The highest BCUT2D eigenvalue weighted by Gasteiger charge is 2.17. The van der Waals surface area contributed by atoms with Crippen LogP contribution in [0.3, 0.4) is 0 Å². The van der Waals surface area contributed by atoms with Gasteiger partial charge in [-0.1, -0.05) is 42.6 Å². The molecule has 0 aromatic heterocycles. The third kappa shape index (κ3) is 4.40. The normalized spacial score (nSPS) is 12.2. The van der Waals surface area contributed by atoms with Gasteiger partial charge < -0.3 is 15.2 Å². The number of rotatable bonds is 7. The van der Waals surface area contributed by atoms with Gasteiger partial charge in [0.2, 0.25) is 0 Å². The number of hydrogen-bond acceptors (Lipinski definition) is 3. The Hall–Kier alpha value is -1.23. The Kier molecular flexibility index (Phi) is 6.85. The minimum Gasteiger partial charge on any atom is -0.504 e. The highest BCUT2D eigenvalue weighted by atomic mass is 79.9. The molecule has 0 aliphatic heterocycles. The molecule has 1 amide bonds. The topological polar surface area (TPSA) is 58.6 Å². The van der Waals surface area contributed by atoms with E-state index in [1.165, 1.54) is 13.2 Å². The Labute approximate surface area is 128 Å². The van der Waals surface area contributed by atoms with Crippen molar-refractivity contribution in [3.63, 3.8) is 0 Å². The van der Waals surface area contributed by atoms with Gasteiger partial charge >= 0.3 is 0 Å². The fourth-order valence-electron chi connectivity index (χ4n) is 2.09. The van der Waals surface area contributed by atoms with E-state index >= 15 is 0 Å². The summed E-state index contributed by atoms with van der Waals surface area (Å²) in [5.41, 5.74) is 0.424. The third-order valence-corrected chi connectivity index (χ3v) is 4.53. The molecular formula is C15H22BrNO3. The number of phenolic OH excluding ortho intramolecular Hbond substituents is 1. The maximum Gasteiger partial charge on any atom is 0.251 e. The van der Waals surface area contributed by atoms with Crippen LogP contribution in [0, 0.1) is 5.92 Å². The molecule has 0 aliphatic carbocycles. The van der Waals surface area contributed by atoms with E-state index in [9.17, 15) is 9.90 Å². The first kappa shape index (κ1) is 16.8. The molecule has 2 N–H and O–H groups in total. The first-order chi connectivity index (χ1) is 9.53. The molecule has 0 fully saturated rings. The highest BCUT2D eigenvalue weighted by Crippen LogP contribution is 2.26. The molecule has 0 saturated heterocycles. The molecule has 0 spiro atoms. The average molecular weight is 344 g/mol. The average Bonchev–Trinajstić information content (AvgIpc) is 2.45. The predicted octanol–water partition coefficient (Wildman–Crippen LogP) is 3.33. The minimum absolute atomic E-state index is 0.0319. The van der Waals surface area contributed by atoms with E-state index in [4.69, 9.17) is 4.74 Å². The molecule has 0 radical (unpaired) electrons. The molecule has 4 nitrogen and oxygen atoms in total. The van der Waals surface area contributed by atoms with Crippen molar-refractivity contribution in [2.75, 3.05) is 13.7 Å².